The first-order valence-electron chi connectivity index (χ1n) is 4.69. The van der Waals surface area contributed by atoms with E-state index in [4.69, 9.17) is 0 Å². The first kappa shape index (κ1) is 12.3. The average Bonchev–Trinajstić information content (AvgIpc) is 2.17. The number of hydrogen-bond acceptors (Lipinski definition) is 1. The van der Waals surface area contributed by atoms with E-state index >= 15 is 0 Å². The van der Waals surface area contributed by atoms with Crippen LogP contribution >= 0.6 is 0 Å². The predicted molar refractivity (Wildman–Crippen MR) is 58.9 cm³/mol. The van der Waals surface area contributed by atoms with E-state index in [0.717, 1.165) is 0 Å². The standard InChI is InChI=1S/C10H15FO3S/c1-2-15(12,13,14)8-7-9-5-3-4-6-10(9)11/h3-6H,2,7-8H2,1H3,(H2,12,13,14). The fourth-order valence-corrected chi connectivity index (χ4v) is 2.08. The van der Waals surface area contributed by atoms with E-state index < -0.39 is 15.4 Å². The maximum absolute atomic E-state index is 13.1. The summed E-state index contributed by atoms with van der Waals surface area (Å²) in [4.78, 5) is 0. The number of benzene rings is 1. The number of halogens is 1. The van der Waals surface area contributed by atoms with Crippen LogP contribution in [0.1, 0.15) is 12.5 Å². The van der Waals surface area contributed by atoms with E-state index in [1.54, 1.807) is 12.1 Å². The maximum Gasteiger partial charge on any atom is 0.126 e. The molecule has 0 aliphatic heterocycles. The zero-order valence-electron chi connectivity index (χ0n) is 8.52. The van der Waals surface area contributed by atoms with Crippen molar-refractivity contribution < 1.29 is 17.7 Å². The lowest BCUT2D eigenvalue weighted by molar-refractivity contribution is 0.391. The van der Waals surface area contributed by atoms with Gasteiger partial charge in [0, 0.05) is 5.75 Å². The Hall–Kier alpha value is -0.780. The summed E-state index contributed by atoms with van der Waals surface area (Å²) in [6.07, 6.45) is 0.0544. The van der Waals surface area contributed by atoms with Gasteiger partial charge in [-0.1, -0.05) is 25.1 Å². The average molecular weight is 234 g/mol. The lowest BCUT2D eigenvalue weighted by atomic mass is 10.2. The van der Waals surface area contributed by atoms with Crippen LogP contribution in [0.4, 0.5) is 4.39 Å². The Labute approximate surface area is 88.4 Å². The minimum atomic E-state index is -4.52. The normalized spacial score (nSPS) is 14.5. The molecule has 0 radical (unpaired) electrons. The minimum Gasteiger partial charge on any atom is -0.308 e. The van der Waals surface area contributed by atoms with Crippen molar-refractivity contribution in [2.75, 3.05) is 11.5 Å². The minimum absolute atomic E-state index is 0.0544. The van der Waals surface area contributed by atoms with E-state index in [2.05, 4.69) is 0 Å². The Balaban J connectivity index is 2.75. The molecule has 0 heterocycles. The van der Waals surface area contributed by atoms with Gasteiger partial charge in [-0.3, -0.25) is 0 Å². The van der Waals surface area contributed by atoms with Crippen molar-refractivity contribution in [3.8, 4) is 0 Å². The highest BCUT2D eigenvalue weighted by atomic mass is 32.3. The third-order valence-electron chi connectivity index (χ3n) is 2.32. The molecule has 0 bridgehead atoms. The summed E-state index contributed by atoms with van der Waals surface area (Å²) in [5, 5.41) is 0. The van der Waals surface area contributed by atoms with Crippen LogP contribution in [0, 0.1) is 5.82 Å². The maximum atomic E-state index is 13.1. The van der Waals surface area contributed by atoms with Crippen molar-refractivity contribution in [3.63, 3.8) is 0 Å². The third-order valence-corrected chi connectivity index (χ3v) is 4.50. The molecule has 86 valence electrons. The second-order valence-corrected chi connectivity index (χ2v) is 6.88. The van der Waals surface area contributed by atoms with E-state index in [0.29, 0.717) is 5.56 Å². The molecule has 0 fully saturated rings. The molecule has 0 saturated heterocycles. The van der Waals surface area contributed by atoms with Gasteiger partial charge in [-0.2, -0.15) is 0 Å². The Morgan fingerprint density at radius 1 is 1.33 bits per heavy atom. The fraction of sp³-hybridized carbons (Fsp3) is 0.400. The molecule has 0 aliphatic carbocycles. The van der Waals surface area contributed by atoms with Gasteiger partial charge in [-0.05, 0) is 18.1 Å². The summed E-state index contributed by atoms with van der Waals surface area (Å²) in [5.41, 5.74) is 0.341. The van der Waals surface area contributed by atoms with Gasteiger partial charge in [0.2, 0.25) is 0 Å². The van der Waals surface area contributed by atoms with Crippen LogP contribution in [0.3, 0.4) is 0 Å². The Morgan fingerprint density at radius 3 is 2.47 bits per heavy atom. The van der Waals surface area contributed by atoms with E-state index in [9.17, 15) is 17.7 Å². The van der Waals surface area contributed by atoms with Crippen LogP contribution in [-0.4, -0.2) is 24.8 Å². The molecule has 15 heavy (non-hydrogen) atoms. The van der Waals surface area contributed by atoms with Crippen molar-refractivity contribution in [1.82, 2.24) is 0 Å². The molecule has 0 saturated carbocycles. The van der Waals surface area contributed by atoms with Gasteiger partial charge in [-0.15, -0.1) is 0 Å². The van der Waals surface area contributed by atoms with Crippen LogP contribution in [0.25, 0.3) is 0 Å². The van der Waals surface area contributed by atoms with Gasteiger partial charge >= 0.3 is 0 Å². The summed E-state index contributed by atoms with van der Waals surface area (Å²) >= 11 is 0. The fourth-order valence-electron chi connectivity index (χ4n) is 1.16. The molecule has 1 aromatic carbocycles. The quantitative estimate of drug-likeness (QED) is 0.839. The highest BCUT2D eigenvalue weighted by Crippen LogP contribution is 2.18. The first-order valence-corrected chi connectivity index (χ1v) is 6.90. The lowest BCUT2D eigenvalue weighted by Crippen LogP contribution is -2.38. The second-order valence-electron chi connectivity index (χ2n) is 3.52. The van der Waals surface area contributed by atoms with Crippen LogP contribution in [0.15, 0.2) is 24.3 Å². The van der Waals surface area contributed by atoms with Crippen molar-refractivity contribution in [2.24, 2.45) is 0 Å². The largest absolute Gasteiger partial charge is 0.308 e. The van der Waals surface area contributed by atoms with Crippen molar-refractivity contribution in [3.05, 3.63) is 35.6 Å². The highest BCUT2D eigenvalue weighted by Gasteiger charge is 2.27. The van der Waals surface area contributed by atoms with E-state index in [1.165, 1.54) is 19.1 Å². The molecular formula is C10H15FO3S. The second kappa shape index (κ2) is 4.00. The van der Waals surface area contributed by atoms with Gasteiger partial charge in [-0.25, -0.2) is 8.60 Å². The van der Waals surface area contributed by atoms with Crippen LogP contribution in [-0.2, 0) is 16.0 Å². The molecule has 0 amide bonds. The van der Waals surface area contributed by atoms with Crippen LogP contribution < -0.4 is 0 Å². The SMILES string of the molecule is CCS(=O)(O)(O)CCc1ccccc1F. The molecule has 0 unspecified atom stereocenters. The van der Waals surface area contributed by atoms with Crippen LogP contribution in [0.2, 0.25) is 0 Å². The van der Waals surface area contributed by atoms with Crippen molar-refractivity contribution >= 4 is 9.63 Å². The smallest absolute Gasteiger partial charge is 0.126 e. The van der Waals surface area contributed by atoms with Crippen molar-refractivity contribution in [1.29, 1.82) is 0 Å². The van der Waals surface area contributed by atoms with E-state index in [-0.39, 0.29) is 17.9 Å². The molecule has 5 heteroatoms. The molecule has 0 aromatic heterocycles. The molecule has 0 atom stereocenters. The molecule has 3 nitrogen and oxygen atoms in total. The van der Waals surface area contributed by atoms with E-state index in [1.807, 2.05) is 0 Å². The van der Waals surface area contributed by atoms with Gasteiger partial charge < -0.3 is 9.11 Å². The van der Waals surface area contributed by atoms with Crippen molar-refractivity contribution in [2.45, 2.75) is 13.3 Å². The molecule has 1 aromatic rings. The molecular weight excluding hydrogens is 219 g/mol. The molecule has 0 spiro atoms. The topological polar surface area (TPSA) is 57.5 Å². The summed E-state index contributed by atoms with van der Waals surface area (Å²) in [6, 6.07) is 6.02. The van der Waals surface area contributed by atoms with Gasteiger partial charge in [0.05, 0.1) is 15.4 Å². The van der Waals surface area contributed by atoms with Gasteiger partial charge in [0.25, 0.3) is 0 Å². The molecule has 0 aliphatic rings. The number of aryl methyl sites for hydroxylation is 1. The Kier molecular flexibility index (Phi) is 3.28. The monoisotopic (exact) mass is 234 g/mol. The first-order chi connectivity index (χ1) is 6.82. The zero-order chi connectivity index (χ0) is 11.6. The summed E-state index contributed by atoms with van der Waals surface area (Å²) < 4.78 is 43.2. The Bertz CT molecular complexity index is 411. The van der Waals surface area contributed by atoms with Gasteiger partial charge in [0.1, 0.15) is 5.82 Å². The van der Waals surface area contributed by atoms with Crippen LogP contribution in [0.5, 0.6) is 0 Å². The molecule has 1 rings (SSSR count). The predicted octanol–water partition coefficient (Wildman–Crippen LogP) is 2.15. The summed E-state index contributed by atoms with van der Waals surface area (Å²) in [6.45, 7) is 1.43. The highest BCUT2D eigenvalue weighted by molar-refractivity contribution is 8.10. The molecule has 2 N–H and O–H groups in total. The number of rotatable bonds is 4. The zero-order valence-corrected chi connectivity index (χ0v) is 9.34. The Morgan fingerprint density at radius 2 is 1.93 bits per heavy atom. The number of hydrogen-bond donors (Lipinski definition) is 2. The summed E-state index contributed by atoms with van der Waals surface area (Å²) in [5.74, 6) is -0.975. The summed E-state index contributed by atoms with van der Waals surface area (Å²) in [7, 11) is -4.52. The lowest BCUT2D eigenvalue weighted by Gasteiger charge is -2.28. The third kappa shape index (κ3) is 3.70. The van der Waals surface area contributed by atoms with Gasteiger partial charge in [0.15, 0.2) is 0 Å².